The van der Waals surface area contributed by atoms with Crippen molar-refractivity contribution in [2.75, 3.05) is 18.5 Å². The molecular formula is C17H17BrN2O5S. The first-order valence-electron chi connectivity index (χ1n) is 7.68. The molecule has 9 heteroatoms. The highest BCUT2D eigenvalue weighted by atomic mass is 79.9. The summed E-state index contributed by atoms with van der Waals surface area (Å²) in [5.74, 6) is -1.71. The standard InChI is InChI=1S/C17H17BrN2O5S/c1-4-24-17(23)14-9(2)10(3)26-15(14)20-13(21)8-25-16(22)11-5-12(18)7-19-6-11/h5-7H,4,8H2,1-3H3,(H,20,21). The zero-order valence-electron chi connectivity index (χ0n) is 14.4. The molecular weight excluding hydrogens is 424 g/mol. The topological polar surface area (TPSA) is 94.6 Å². The summed E-state index contributed by atoms with van der Waals surface area (Å²) >= 11 is 4.47. The van der Waals surface area contributed by atoms with Crippen molar-refractivity contribution in [1.29, 1.82) is 0 Å². The van der Waals surface area contributed by atoms with E-state index in [1.54, 1.807) is 13.8 Å². The number of hydrogen-bond donors (Lipinski definition) is 1. The molecule has 26 heavy (non-hydrogen) atoms. The van der Waals surface area contributed by atoms with Crippen LogP contribution in [-0.2, 0) is 14.3 Å². The molecule has 0 saturated heterocycles. The zero-order valence-corrected chi connectivity index (χ0v) is 16.8. The monoisotopic (exact) mass is 440 g/mol. The Morgan fingerprint density at radius 1 is 1.19 bits per heavy atom. The number of ether oxygens (including phenoxy) is 2. The predicted molar refractivity (Wildman–Crippen MR) is 101 cm³/mol. The molecule has 1 N–H and O–H groups in total. The van der Waals surface area contributed by atoms with E-state index in [4.69, 9.17) is 9.47 Å². The van der Waals surface area contributed by atoms with E-state index in [0.717, 1.165) is 10.4 Å². The minimum absolute atomic E-state index is 0.224. The van der Waals surface area contributed by atoms with Crippen LogP contribution in [0.5, 0.6) is 0 Å². The third kappa shape index (κ3) is 4.89. The molecule has 7 nitrogen and oxygen atoms in total. The third-order valence-electron chi connectivity index (χ3n) is 3.39. The number of hydrogen-bond acceptors (Lipinski definition) is 7. The molecule has 0 spiro atoms. The van der Waals surface area contributed by atoms with Crippen LogP contribution < -0.4 is 5.32 Å². The second kappa shape index (κ2) is 8.91. The molecule has 0 atom stereocenters. The Kier molecular flexibility index (Phi) is 6.87. The molecule has 0 aromatic carbocycles. The summed E-state index contributed by atoms with van der Waals surface area (Å²) in [5.41, 5.74) is 1.30. The van der Waals surface area contributed by atoms with Crippen molar-refractivity contribution in [3.8, 4) is 0 Å². The molecule has 138 valence electrons. The smallest absolute Gasteiger partial charge is 0.341 e. The zero-order chi connectivity index (χ0) is 19.3. The number of carbonyl (C=O) groups is 3. The molecule has 2 aromatic rings. The predicted octanol–water partition coefficient (Wildman–Crippen LogP) is 3.49. The van der Waals surface area contributed by atoms with Crippen LogP contribution >= 0.6 is 27.3 Å². The molecule has 0 fully saturated rings. The van der Waals surface area contributed by atoms with E-state index in [-0.39, 0.29) is 12.2 Å². The van der Waals surface area contributed by atoms with Gasteiger partial charge in [0.05, 0.1) is 17.7 Å². The van der Waals surface area contributed by atoms with Crippen LogP contribution in [0, 0.1) is 13.8 Å². The molecule has 2 rings (SSSR count). The van der Waals surface area contributed by atoms with Gasteiger partial charge in [-0.25, -0.2) is 9.59 Å². The second-order valence-electron chi connectivity index (χ2n) is 5.22. The number of pyridine rings is 1. The minimum atomic E-state index is -0.668. The highest BCUT2D eigenvalue weighted by Gasteiger charge is 2.22. The minimum Gasteiger partial charge on any atom is -0.462 e. The van der Waals surface area contributed by atoms with E-state index >= 15 is 0 Å². The molecule has 2 aromatic heterocycles. The van der Waals surface area contributed by atoms with Crippen molar-refractivity contribution in [3.05, 3.63) is 44.5 Å². The number of anilines is 1. The van der Waals surface area contributed by atoms with Crippen LogP contribution in [0.25, 0.3) is 0 Å². The fourth-order valence-corrected chi connectivity index (χ4v) is 3.49. The molecule has 0 aliphatic carbocycles. The van der Waals surface area contributed by atoms with Crippen LogP contribution in [0.15, 0.2) is 22.9 Å². The van der Waals surface area contributed by atoms with E-state index in [9.17, 15) is 14.4 Å². The van der Waals surface area contributed by atoms with Crippen LogP contribution in [-0.4, -0.2) is 36.0 Å². The summed E-state index contributed by atoms with van der Waals surface area (Å²) in [4.78, 5) is 40.9. The number of rotatable bonds is 6. The van der Waals surface area contributed by atoms with Crippen molar-refractivity contribution in [2.45, 2.75) is 20.8 Å². The Hall–Kier alpha value is -2.26. The molecule has 0 radical (unpaired) electrons. The van der Waals surface area contributed by atoms with Gasteiger partial charge in [-0.15, -0.1) is 11.3 Å². The number of aromatic nitrogens is 1. The molecule has 1 amide bonds. The highest BCUT2D eigenvalue weighted by Crippen LogP contribution is 2.33. The van der Waals surface area contributed by atoms with E-state index in [1.807, 2.05) is 6.92 Å². The number of thiophene rings is 1. The largest absolute Gasteiger partial charge is 0.462 e. The number of aryl methyl sites for hydroxylation is 1. The lowest BCUT2D eigenvalue weighted by Gasteiger charge is -2.08. The van der Waals surface area contributed by atoms with Crippen LogP contribution in [0.2, 0.25) is 0 Å². The molecule has 2 heterocycles. The first-order valence-corrected chi connectivity index (χ1v) is 9.29. The maximum Gasteiger partial charge on any atom is 0.341 e. The molecule has 0 aliphatic heterocycles. The number of nitrogens with zero attached hydrogens (tertiary/aromatic N) is 1. The van der Waals surface area contributed by atoms with Gasteiger partial charge >= 0.3 is 11.9 Å². The Labute approximate surface area is 162 Å². The van der Waals surface area contributed by atoms with Crippen molar-refractivity contribution < 1.29 is 23.9 Å². The van der Waals surface area contributed by atoms with Gasteiger partial charge in [0.1, 0.15) is 5.00 Å². The normalized spacial score (nSPS) is 10.3. The summed E-state index contributed by atoms with van der Waals surface area (Å²) in [7, 11) is 0. The van der Waals surface area contributed by atoms with E-state index < -0.39 is 24.5 Å². The number of carbonyl (C=O) groups excluding carboxylic acids is 3. The fraction of sp³-hybridized carbons (Fsp3) is 0.294. The number of halogens is 1. The first-order chi connectivity index (χ1) is 12.3. The Morgan fingerprint density at radius 3 is 2.58 bits per heavy atom. The lowest BCUT2D eigenvalue weighted by molar-refractivity contribution is -0.119. The van der Waals surface area contributed by atoms with Crippen LogP contribution in [0.4, 0.5) is 5.00 Å². The van der Waals surface area contributed by atoms with E-state index in [2.05, 4.69) is 26.2 Å². The number of nitrogens with one attached hydrogen (secondary N) is 1. The van der Waals surface area contributed by atoms with Gasteiger partial charge in [-0.3, -0.25) is 9.78 Å². The maximum absolute atomic E-state index is 12.1. The molecule has 0 saturated carbocycles. The summed E-state index contributed by atoms with van der Waals surface area (Å²) < 4.78 is 10.6. The van der Waals surface area contributed by atoms with E-state index in [0.29, 0.717) is 15.0 Å². The lowest BCUT2D eigenvalue weighted by atomic mass is 10.1. The van der Waals surface area contributed by atoms with Gasteiger partial charge in [-0.1, -0.05) is 0 Å². The van der Waals surface area contributed by atoms with Crippen molar-refractivity contribution in [2.24, 2.45) is 0 Å². The van der Waals surface area contributed by atoms with Gasteiger partial charge in [-0.2, -0.15) is 0 Å². The Bertz CT molecular complexity index is 850. The number of esters is 2. The number of amides is 1. The van der Waals surface area contributed by atoms with Crippen LogP contribution in [0.3, 0.4) is 0 Å². The fourth-order valence-electron chi connectivity index (χ4n) is 2.06. The summed E-state index contributed by atoms with van der Waals surface area (Å²) in [6.07, 6.45) is 2.87. The van der Waals surface area contributed by atoms with Gasteiger partial charge in [0.2, 0.25) is 0 Å². The average Bonchev–Trinajstić information content (AvgIpc) is 2.86. The van der Waals surface area contributed by atoms with Crippen molar-refractivity contribution in [1.82, 2.24) is 4.98 Å². The maximum atomic E-state index is 12.1. The Balaban J connectivity index is 2.03. The van der Waals surface area contributed by atoms with Gasteiger partial charge < -0.3 is 14.8 Å². The molecule has 0 aliphatic rings. The quantitative estimate of drug-likeness (QED) is 0.690. The van der Waals surface area contributed by atoms with Crippen LogP contribution in [0.1, 0.15) is 38.1 Å². The molecule has 0 bridgehead atoms. The highest BCUT2D eigenvalue weighted by molar-refractivity contribution is 9.10. The summed E-state index contributed by atoms with van der Waals surface area (Å²) in [5, 5.41) is 2.98. The van der Waals surface area contributed by atoms with Gasteiger partial charge in [0.15, 0.2) is 6.61 Å². The first kappa shape index (κ1) is 20.1. The summed E-state index contributed by atoms with van der Waals surface area (Å²) in [6, 6.07) is 1.54. The third-order valence-corrected chi connectivity index (χ3v) is 4.95. The van der Waals surface area contributed by atoms with E-state index in [1.165, 1.54) is 29.8 Å². The SMILES string of the molecule is CCOC(=O)c1c(NC(=O)COC(=O)c2cncc(Br)c2)sc(C)c1C. The molecule has 0 unspecified atom stereocenters. The second-order valence-corrected chi connectivity index (χ2v) is 7.36. The van der Waals surface area contributed by atoms with Gasteiger partial charge in [0, 0.05) is 21.7 Å². The van der Waals surface area contributed by atoms with Gasteiger partial charge in [0.25, 0.3) is 5.91 Å². The Morgan fingerprint density at radius 2 is 1.92 bits per heavy atom. The lowest BCUT2D eigenvalue weighted by Crippen LogP contribution is -2.21. The summed E-state index contributed by atoms with van der Waals surface area (Å²) in [6.45, 7) is 5.09. The average molecular weight is 441 g/mol. The van der Waals surface area contributed by atoms with Gasteiger partial charge in [-0.05, 0) is 48.3 Å². The van der Waals surface area contributed by atoms with Crippen molar-refractivity contribution in [3.63, 3.8) is 0 Å². The van der Waals surface area contributed by atoms with Crippen molar-refractivity contribution >= 4 is 50.1 Å².